The van der Waals surface area contributed by atoms with E-state index in [-0.39, 0.29) is 0 Å². The molecule has 0 aliphatic carbocycles. The molecule has 1 unspecified atom stereocenters. The van der Waals surface area contributed by atoms with Crippen molar-refractivity contribution in [1.82, 2.24) is 0 Å². The lowest BCUT2D eigenvalue weighted by Crippen LogP contribution is -2.02. The van der Waals surface area contributed by atoms with Crippen molar-refractivity contribution in [3.8, 4) is 0 Å². The fraction of sp³-hybridized carbons (Fsp3) is 0.385. The van der Waals surface area contributed by atoms with E-state index < -0.39 is 23.2 Å². The summed E-state index contributed by atoms with van der Waals surface area (Å²) >= 11 is 0. The molecule has 1 aromatic carbocycles. The molecular formula is C13H14BF7S. The van der Waals surface area contributed by atoms with E-state index in [9.17, 15) is 30.4 Å². The number of thiophene rings is 1. The van der Waals surface area contributed by atoms with Crippen LogP contribution in [0.2, 0.25) is 0 Å². The van der Waals surface area contributed by atoms with Gasteiger partial charge in [0.15, 0.2) is 9.58 Å². The first-order valence-electron chi connectivity index (χ1n) is 6.49. The monoisotopic (exact) mass is 346 g/mol. The van der Waals surface area contributed by atoms with Crippen LogP contribution in [0.3, 0.4) is 0 Å². The van der Waals surface area contributed by atoms with Gasteiger partial charge in [0, 0.05) is 17.9 Å². The number of rotatable bonds is 2. The van der Waals surface area contributed by atoms with E-state index in [2.05, 4.69) is 0 Å². The normalized spacial score (nSPS) is 13.0. The number of alkyl halides is 3. The summed E-state index contributed by atoms with van der Waals surface area (Å²) in [6.45, 7) is 3.76. The second kappa shape index (κ2) is 6.89. The van der Waals surface area contributed by atoms with Gasteiger partial charge in [-0.15, -0.1) is 13.2 Å². The summed E-state index contributed by atoms with van der Waals surface area (Å²) in [7, 11) is -7.71. The lowest BCUT2D eigenvalue weighted by atomic mass is 10.1. The maximum Gasteiger partial charge on any atom is 0.673 e. The third kappa shape index (κ3) is 4.89. The van der Waals surface area contributed by atoms with Gasteiger partial charge in [0.25, 0.3) is 0 Å². The minimum absolute atomic E-state index is 0.453. The molecule has 124 valence electrons. The molecule has 0 bridgehead atoms. The van der Waals surface area contributed by atoms with E-state index in [1.54, 1.807) is 25.1 Å². The minimum atomic E-state index is -6.00. The molecule has 0 aliphatic heterocycles. The van der Waals surface area contributed by atoms with Gasteiger partial charge in [-0.2, -0.15) is 0 Å². The Balaban J connectivity index is 0.000000422. The van der Waals surface area contributed by atoms with Crippen LogP contribution in [0.5, 0.6) is 0 Å². The first-order valence-corrected chi connectivity index (χ1v) is 7.72. The lowest BCUT2D eigenvalue weighted by molar-refractivity contribution is -0.0867. The number of fused-ring (bicyclic) bond motifs is 1. The first-order chi connectivity index (χ1) is 9.99. The maximum absolute atomic E-state index is 13.1. The standard InChI is InChI=1S/C13H14F3S.BF4/c1-3-9-6-5-7-12-11(9)8-10(4-2)17(12)13(14,15)16;2-1(3,4)5/h5-8H,3-4H2,1-2H3;/q+1;-1. The zero-order valence-corrected chi connectivity index (χ0v) is 12.7. The van der Waals surface area contributed by atoms with Crippen molar-refractivity contribution < 1.29 is 30.4 Å². The van der Waals surface area contributed by atoms with Gasteiger partial charge in [-0.05, 0) is 18.1 Å². The Morgan fingerprint density at radius 1 is 1.00 bits per heavy atom. The van der Waals surface area contributed by atoms with Gasteiger partial charge in [0.05, 0.1) is 10.5 Å². The highest BCUT2D eigenvalue weighted by Gasteiger charge is 2.47. The van der Waals surface area contributed by atoms with E-state index in [0.717, 1.165) is 17.4 Å². The Morgan fingerprint density at radius 2 is 1.55 bits per heavy atom. The van der Waals surface area contributed by atoms with Crippen molar-refractivity contribution in [1.29, 1.82) is 0 Å². The molecule has 0 spiro atoms. The highest BCUT2D eigenvalue weighted by atomic mass is 32.2. The molecule has 9 heteroatoms. The van der Waals surface area contributed by atoms with Gasteiger partial charge >= 0.3 is 12.8 Å². The maximum atomic E-state index is 13.1. The van der Waals surface area contributed by atoms with Crippen LogP contribution in [-0.4, -0.2) is 7.25 Å². The second-order valence-corrected chi connectivity index (χ2v) is 6.43. The van der Waals surface area contributed by atoms with E-state index in [0.29, 0.717) is 16.0 Å². The molecule has 2 rings (SSSR count). The van der Waals surface area contributed by atoms with Crippen LogP contribution >= 0.6 is 10.5 Å². The summed E-state index contributed by atoms with van der Waals surface area (Å²) in [6.07, 6.45) is 1.23. The van der Waals surface area contributed by atoms with Gasteiger partial charge in [0.1, 0.15) is 0 Å². The average Bonchev–Trinajstić information content (AvgIpc) is 2.74. The van der Waals surface area contributed by atoms with Crippen molar-refractivity contribution in [2.24, 2.45) is 0 Å². The third-order valence-corrected chi connectivity index (χ3v) is 5.09. The molecule has 1 atom stereocenters. The fourth-order valence-corrected chi connectivity index (χ4v) is 4.10. The average molecular weight is 346 g/mol. The van der Waals surface area contributed by atoms with Gasteiger partial charge in [-0.3, -0.25) is 0 Å². The largest absolute Gasteiger partial charge is 0.673 e. The second-order valence-electron chi connectivity index (χ2n) is 4.39. The number of hydrogen-bond acceptors (Lipinski definition) is 0. The smallest absolute Gasteiger partial charge is 0.418 e. The summed E-state index contributed by atoms with van der Waals surface area (Å²) in [4.78, 5) is 0.508. The Hall–Kier alpha value is -1.25. The Morgan fingerprint density at radius 3 is 1.95 bits per heavy atom. The first kappa shape index (κ1) is 18.8. The van der Waals surface area contributed by atoms with Crippen molar-refractivity contribution >= 4 is 27.8 Å². The minimum Gasteiger partial charge on any atom is -0.418 e. The highest BCUT2D eigenvalue weighted by molar-refractivity contribution is 7.38. The van der Waals surface area contributed by atoms with E-state index >= 15 is 0 Å². The zero-order chi connectivity index (χ0) is 17.1. The predicted octanol–water partition coefficient (Wildman–Crippen LogP) is 6.49. The number of hydrogen-bond donors (Lipinski definition) is 0. The number of benzene rings is 1. The van der Waals surface area contributed by atoms with Crippen molar-refractivity contribution in [3.05, 3.63) is 34.7 Å². The summed E-state index contributed by atoms with van der Waals surface area (Å²) in [5.41, 5.74) is -3.15. The summed E-state index contributed by atoms with van der Waals surface area (Å²) in [6, 6.07) is 7.00. The Kier molecular flexibility index (Phi) is 5.89. The van der Waals surface area contributed by atoms with Gasteiger partial charge < -0.3 is 17.3 Å². The third-order valence-electron chi connectivity index (χ3n) is 2.90. The van der Waals surface area contributed by atoms with Gasteiger partial charge in [-0.1, -0.05) is 26.0 Å². The molecular weight excluding hydrogens is 332 g/mol. The SMILES string of the molecule is CCc1cccc2c1cc(CC)[s+]2C(F)(F)F.F[B-](F)(F)F. The van der Waals surface area contributed by atoms with Crippen LogP contribution in [0.25, 0.3) is 10.1 Å². The van der Waals surface area contributed by atoms with Gasteiger partial charge in [0.2, 0.25) is 0 Å². The molecule has 1 heterocycles. The van der Waals surface area contributed by atoms with Crippen LogP contribution in [-0.2, 0) is 18.3 Å². The Bertz CT molecular complexity index is 622. The Labute approximate surface area is 126 Å². The quantitative estimate of drug-likeness (QED) is 0.331. The van der Waals surface area contributed by atoms with Crippen molar-refractivity contribution in [2.45, 2.75) is 32.2 Å². The molecule has 0 radical (unpaired) electrons. The summed E-state index contributed by atoms with van der Waals surface area (Å²) in [5.74, 6) is 0. The van der Waals surface area contributed by atoms with Crippen LogP contribution in [0.15, 0.2) is 24.3 Å². The van der Waals surface area contributed by atoms with Crippen LogP contribution in [0.1, 0.15) is 24.3 Å². The van der Waals surface area contributed by atoms with Crippen LogP contribution in [0, 0.1) is 0 Å². The van der Waals surface area contributed by atoms with Crippen LogP contribution < -0.4 is 0 Å². The molecule has 22 heavy (non-hydrogen) atoms. The molecule has 2 aromatic rings. The molecule has 0 fully saturated rings. The zero-order valence-electron chi connectivity index (χ0n) is 11.9. The van der Waals surface area contributed by atoms with Crippen molar-refractivity contribution in [3.63, 3.8) is 0 Å². The van der Waals surface area contributed by atoms with E-state index in [1.165, 1.54) is 0 Å². The molecule has 0 N–H and O–H groups in total. The molecule has 0 amide bonds. The van der Waals surface area contributed by atoms with Crippen LogP contribution in [0.4, 0.5) is 30.4 Å². The highest BCUT2D eigenvalue weighted by Crippen LogP contribution is 2.51. The molecule has 0 saturated heterocycles. The van der Waals surface area contributed by atoms with E-state index in [4.69, 9.17) is 0 Å². The topological polar surface area (TPSA) is 0 Å². The summed E-state index contributed by atoms with van der Waals surface area (Å²) in [5, 5.41) is 0.799. The number of aryl methyl sites for hydroxylation is 2. The molecule has 0 saturated carbocycles. The molecule has 1 aromatic heterocycles. The van der Waals surface area contributed by atoms with Gasteiger partial charge in [-0.25, -0.2) is 0 Å². The van der Waals surface area contributed by atoms with Crippen molar-refractivity contribution in [2.75, 3.05) is 0 Å². The molecule has 0 nitrogen and oxygen atoms in total. The fourth-order valence-electron chi connectivity index (χ4n) is 2.12. The summed E-state index contributed by atoms with van der Waals surface area (Å²) < 4.78 is 78.7. The molecule has 0 aliphatic rings. The number of halogens is 7. The lowest BCUT2D eigenvalue weighted by Gasteiger charge is -1.99. The predicted molar refractivity (Wildman–Crippen MR) is 76.7 cm³/mol. The van der Waals surface area contributed by atoms with E-state index in [1.807, 2.05) is 13.0 Å².